The molecule has 0 saturated heterocycles. The Morgan fingerprint density at radius 2 is 1.57 bits per heavy atom. The molecule has 0 unspecified atom stereocenters. The minimum Gasteiger partial charge on any atom is -0.396 e. The molecule has 0 aliphatic rings. The molecule has 0 aliphatic heterocycles. The highest BCUT2D eigenvalue weighted by Gasteiger charge is 2.15. The quantitative estimate of drug-likeness (QED) is 0.702. The lowest BCUT2D eigenvalue weighted by Crippen LogP contribution is -2.43. The van der Waals surface area contributed by atoms with Gasteiger partial charge in [0.25, 0.3) is 0 Å². The normalized spacial score (nSPS) is 10.0. The van der Waals surface area contributed by atoms with Gasteiger partial charge in [-0.3, -0.25) is 0 Å². The highest BCUT2D eigenvalue weighted by molar-refractivity contribution is 5.74. The van der Waals surface area contributed by atoms with Crippen LogP contribution >= 0.6 is 0 Å². The first kappa shape index (κ1) is 13.2. The predicted molar refractivity (Wildman–Crippen MR) is 57.3 cm³/mol. The van der Waals surface area contributed by atoms with Gasteiger partial charge in [0.1, 0.15) is 0 Å². The molecule has 2 amide bonds. The van der Waals surface area contributed by atoms with Crippen molar-refractivity contribution in [1.82, 2.24) is 9.80 Å². The number of aliphatic hydroxyl groups is 1. The molecular weight excluding hydrogens is 180 g/mol. The van der Waals surface area contributed by atoms with Crippen LogP contribution in [0.4, 0.5) is 4.79 Å². The van der Waals surface area contributed by atoms with Gasteiger partial charge in [-0.2, -0.15) is 0 Å². The van der Waals surface area contributed by atoms with Crippen LogP contribution in [0.25, 0.3) is 0 Å². The molecule has 0 radical (unpaired) electrons. The van der Waals surface area contributed by atoms with Gasteiger partial charge in [-0.25, -0.2) is 4.79 Å². The van der Waals surface area contributed by atoms with Crippen molar-refractivity contribution < 1.29 is 9.90 Å². The van der Waals surface area contributed by atoms with Crippen molar-refractivity contribution in [3.8, 4) is 0 Å². The van der Waals surface area contributed by atoms with E-state index in [1.54, 1.807) is 9.80 Å². The molecule has 4 nitrogen and oxygen atoms in total. The van der Waals surface area contributed by atoms with E-state index in [2.05, 4.69) is 0 Å². The van der Waals surface area contributed by atoms with Gasteiger partial charge in [-0.05, 0) is 27.2 Å². The molecule has 0 atom stereocenters. The van der Waals surface area contributed by atoms with Crippen molar-refractivity contribution in [2.45, 2.75) is 27.2 Å². The van der Waals surface area contributed by atoms with Crippen molar-refractivity contribution in [2.24, 2.45) is 0 Å². The molecule has 84 valence electrons. The Morgan fingerprint density at radius 3 is 1.93 bits per heavy atom. The van der Waals surface area contributed by atoms with Gasteiger partial charge in [0.15, 0.2) is 0 Å². The average molecular weight is 202 g/mol. The second-order valence-electron chi connectivity index (χ2n) is 3.11. The molecular formula is C10H22N2O2. The summed E-state index contributed by atoms with van der Waals surface area (Å²) in [6.07, 6.45) is 0.654. The molecule has 1 N–H and O–H groups in total. The van der Waals surface area contributed by atoms with Gasteiger partial charge in [0.2, 0.25) is 0 Å². The molecule has 0 heterocycles. The molecule has 0 aromatic rings. The third-order valence-corrected chi connectivity index (χ3v) is 2.27. The van der Waals surface area contributed by atoms with Crippen molar-refractivity contribution in [2.75, 3.05) is 32.8 Å². The van der Waals surface area contributed by atoms with E-state index >= 15 is 0 Å². The molecule has 14 heavy (non-hydrogen) atoms. The van der Waals surface area contributed by atoms with Crippen LogP contribution in [0, 0.1) is 0 Å². The van der Waals surface area contributed by atoms with Crippen molar-refractivity contribution >= 4 is 6.03 Å². The van der Waals surface area contributed by atoms with E-state index in [0.29, 0.717) is 19.5 Å². The molecule has 0 aromatic carbocycles. The van der Waals surface area contributed by atoms with Gasteiger partial charge >= 0.3 is 6.03 Å². The summed E-state index contributed by atoms with van der Waals surface area (Å²) in [6.45, 7) is 8.87. The molecule has 0 rings (SSSR count). The highest BCUT2D eigenvalue weighted by atomic mass is 16.3. The standard InChI is InChI=1S/C10H22N2O2/c1-4-11(5-2)10(14)12(6-3)8-7-9-13/h13H,4-9H2,1-3H3. The third kappa shape index (κ3) is 3.96. The van der Waals surface area contributed by atoms with Crippen LogP contribution in [0.1, 0.15) is 27.2 Å². The second-order valence-corrected chi connectivity index (χ2v) is 3.11. The summed E-state index contributed by atoms with van der Waals surface area (Å²) < 4.78 is 0. The summed E-state index contributed by atoms with van der Waals surface area (Å²) in [6, 6.07) is 0.0750. The van der Waals surface area contributed by atoms with Crippen LogP contribution in [-0.2, 0) is 0 Å². The van der Waals surface area contributed by atoms with Crippen LogP contribution < -0.4 is 0 Å². The van der Waals surface area contributed by atoms with Crippen LogP contribution in [0.2, 0.25) is 0 Å². The number of carbonyl (C=O) groups excluding carboxylic acids is 1. The maximum absolute atomic E-state index is 11.8. The maximum Gasteiger partial charge on any atom is 0.319 e. The topological polar surface area (TPSA) is 43.8 Å². The Balaban J connectivity index is 4.13. The van der Waals surface area contributed by atoms with Crippen molar-refractivity contribution in [3.63, 3.8) is 0 Å². The van der Waals surface area contributed by atoms with Crippen LogP contribution in [-0.4, -0.2) is 53.7 Å². The Labute approximate surface area is 86.5 Å². The molecule has 4 heteroatoms. The summed E-state index contributed by atoms with van der Waals surface area (Å²) in [5, 5.41) is 8.69. The molecule has 0 spiro atoms. The zero-order valence-corrected chi connectivity index (χ0v) is 9.49. The summed E-state index contributed by atoms with van der Waals surface area (Å²) in [5.41, 5.74) is 0. The number of hydrogen-bond donors (Lipinski definition) is 1. The first-order valence-electron chi connectivity index (χ1n) is 5.35. The highest BCUT2D eigenvalue weighted by Crippen LogP contribution is 1.99. The number of rotatable bonds is 6. The van der Waals surface area contributed by atoms with Crippen LogP contribution in [0.5, 0.6) is 0 Å². The molecule has 0 fully saturated rings. The number of aliphatic hydroxyl groups excluding tert-OH is 1. The van der Waals surface area contributed by atoms with E-state index in [-0.39, 0.29) is 12.6 Å². The number of amides is 2. The van der Waals surface area contributed by atoms with E-state index in [0.717, 1.165) is 13.1 Å². The van der Waals surface area contributed by atoms with E-state index in [1.807, 2.05) is 20.8 Å². The minimum absolute atomic E-state index is 0.0750. The number of urea groups is 1. The van der Waals surface area contributed by atoms with Crippen LogP contribution in [0.3, 0.4) is 0 Å². The summed E-state index contributed by atoms with van der Waals surface area (Å²) in [7, 11) is 0. The first-order valence-corrected chi connectivity index (χ1v) is 5.35. The van der Waals surface area contributed by atoms with Gasteiger partial charge in [0, 0.05) is 32.8 Å². The number of carbonyl (C=O) groups is 1. The number of nitrogens with zero attached hydrogens (tertiary/aromatic N) is 2. The fourth-order valence-corrected chi connectivity index (χ4v) is 1.34. The van der Waals surface area contributed by atoms with E-state index in [4.69, 9.17) is 5.11 Å². The summed E-state index contributed by atoms with van der Waals surface area (Å²) in [5.74, 6) is 0. The fourth-order valence-electron chi connectivity index (χ4n) is 1.34. The van der Waals surface area contributed by atoms with Crippen LogP contribution in [0.15, 0.2) is 0 Å². The summed E-state index contributed by atoms with van der Waals surface area (Å²) >= 11 is 0. The van der Waals surface area contributed by atoms with Gasteiger partial charge in [-0.1, -0.05) is 0 Å². The van der Waals surface area contributed by atoms with Gasteiger partial charge < -0.3 is 14.9 Å². The molecule has 0 aromatic heterocycles. The second kappa shape index (κ2) is 7.62. The zero-order chi connectivity index (χ0) is 11.0. The Bertz CT molecular complexity index is 158. The number of hydrogen-bond acceptors (Lipinski definition) is 2. The zero-order valence-electron chi connectivity index (χ0n) is 9.49. The Morgan fingerprint density at radius 1 is 1.07 bits per heavy atom. The SMILES string of the molecule is CCN(CC)C(=O)N(CC)CCCO. The molecule has 0 aliphatic carbocycles. The monoisotopic (exact) mass is 202 g/mol. The molecule has 0 saturated carbocycles. The lowest BCUT2D eigenvalue weighted by molar-refractivity contribution is 0.154. The Kier molecular flexibility index (Phi) is 7.20. The van der Waals surface area contributed by atoms with Crippen molar-refractivity contribution in [1.29, 1.82) is 0 Å². The van der Waals surface area contributed by atoms with Gasteiger partial charge in [-0.15, -0.1) is 0 Å². The van der Waals surface area contributed by atoms with E-state index in [1.165, 1.54) is 0 Å². The van der Waals surface area contributed by atoms with Crippen molar-refractivity contribution in [3.05, 3.63) is 0 Å². The molecule has 0 bridgehead atoms. The average Bonchev–Trinajstić information content (AvgIpc) is 2.21. The first-order chi connectivity index (χ1) is 6.71. The maximum atomic E-state index is 11.8. The van der Waals surface area contributed by atoms with Gasteiger partial charge in [0.05, 0.1) is 0 Å². The fraction of sp³-hybridized carbons (Fsp3) is 0.900. The minimum atomic E-state index is 0.0750. The van der Waals surface area contributed by atoms with E-state index in [9.17, 15) is 4.79 Å². The Hall–Kier alpha value is -0.770. The smallest absolute Gasteiger partial charge is 0.319 e. The third-order valence-electron chi connectivity index (χ3n) is 2.27. The predicted octanol–water partition coefficient (Wildman–Crippen LogP) is 1.15. The van der Waals surface area contributed by atoms with E-state index < -0.39 is 0 Å². The lowest BCUT2D eigenvalue weighted by Gasteiger charge is -2.28. The lowest BCUT2D eigenvalue weighted by atomic mass is 10.4. The summed E-state index contributed by atoms with van der Waals surface area (Å²) in [4.78, 5) is 15.4. The largest absolute Gasteiger partial charge is 0.396 e.